The van der Waals surface area contributed by atoms with Gasteiger partial charge in [0.25, 0.3) is 0 Å². The quantitative estimate of drug-likeness (QED) is 0.470. The number of halogens is 1. The molecule has 1 atom stereocenters. The molecule has 8 nitrogen and oxygen atoms in total. The van der Waals surface area contributed by atoms with E-state index in [1.54, 1.807) is 31.8 Å². The molecule has 34 heavy (non-hydrogen) atoms. The Kier molecular flexibility index (Phi) is 8.29. The van der Waals surface area contributed by atoms with Crippen LogP contribution in [0.1, 0.15) is 5.56 Å². The molecule has 9 heteroatoms. The minimum atomic E-state index is -1.14. The second-order valence-corrected chi connectivity index (χ2v) is 8.80. The number of aliphatic hydroxyl groups is 1. The van der Waals surface area contributed by atoms with Gasteiger partial charge in [-0.25, -0.2) is 4.98 Å². The third kappa shape index (κ3) is 6.87. The van der Waals surface area contributed by atoms with E-state index in [0.29, 0.717) is 61.7 Å². The molecular formula is C25H30ClN3O5. The highest BCUT2D eigenvalue weighted by Gasteiger charge is 2.33. The molecule has 1 fully saturated rings. The van der Waals surface area contributed by atoms with E-state index in [9.17, 15) is 5.11 Å². The van der Waals surface area contributed by atoms with E-state index < -0.39 is 5.60 Å². The van der Waals surface area contributed by atoms with Crippen LogP contribution in [0.3, 0.4) is 0 Å². The summed E-state index contributed by atoms with van der Waals surface area (Å²) in [4.78, 5) is 6.19. The smallest absolute Gasteiger partial charge is 0.161 e. The number of hydrogen-bond donors (Lipinski definition) is 1. The SMILES string of the molecule is COc1cc(CN2CCOC[C@](O)(COc3cccc(Cl)c3)C2)ccc1OCCn1ccnc1. The lowest BCUT2D eigenvalue weighted by Gasteiger charge is -2.30. The molecule has 1 aliphatic rings. The average Bonchev–Trinajstić information content (AvgIpc) is 3.28. The fraction of sp³-hybridized carbons (Fsp3) is 0.400. The number of methoxy groups -OCH3 is 1. The Morgan fingerprint density at radius 1 is 1.18 bits per heavy atom. The van der Waals surface area contributed by atoms with Crippen molar-refractivity contribution in [2.45, 2.75) is 18.7 Å². The lowest BCUT2D eigenvalue weighted by molar-refractivity contribution is -0.0646. The van der Waals surface area contributed by atoms with E-state index in [1.165, 1.54) is 0 Å². The molecule has 4 rings (SSSR count). The molecule has 0 aliphatic carbocycles. The first-order valence-electron chi connectivity index (χ1n) is 11.2. The van der Waals surface area contributed by atoms with Crippen LogP contribution in [0.5, 0.6) is 17.2 Å². The molecule has 0 radical (unpaired) electrons. The Morgan fingerprint density at radius 3 is 2.88 bits per heavy atom. The third-order valence-electron chi connectivity index (χ3n) is 5.54. The van der Waals surface area contributed by atoms with Gasteiger partial charge in [-0.3, -0.25) is 4.90 Å². The maximum Gasteiger partial charge on any atom is 0.161 e. The van der Waals surface area contributed by atoms with Gasteiger partial charge in [-0.05, 0) is 35.9 Å². The van der Waals surface area contributed by atoms with Gasteiger partial charge < -0.3 is 28.6 Å². The van der Waals surface area contributed by atoms with Crippen LogP contribution in [0, 0.1) is 0 Å². The molecule has 2 heterocycles. The number of aromatic nitrogens is 2. The minimum absolute atomic E-state index is 0.108. The molecular weight excluding hydrogens is 458 g/mol. The third-order valence-corrected chi connectivity index (χ3v) is 5.78. The van der Waals surface area contributed by atoms with Crippen molar-refractivity contribution in [3.63, 3.8) is 0 Å². The molecule has 1 N–H and O–H groups in total. The molecule has 2 aromatic carbocycles. The van der Waals surface area contributed by atoms with Crippen LogP contribution < -0.4 is 14.2 Å². The van der Waals surface area contributed by atoms with E-state index >= 15 is 0 Å². The summed E-state index contributed by atoms with van der Waals surface area (Å²) in [5.74, 6) is 1.98. The van der Waals surface area contributed by atoms with Crippen molar-refractivity contribution in [1.82, 2.24) is 14.5 Å². The zero-order valence-corrected chi connectivity index (χ0v) is 20.0. The number of imidazole rings is 1. The molecule has 0 saturated carbocycles. The summed E-state index contributed by atoms with van der Waals surface area (Å²) >= 11 is 6.03. The van der Waals surface area contributed by atoms with Crippen molar-refractivity contribution in [2.24, 2.45) is 0 Å². The molecule has 182 valence electrons. The molecule has 3 aromatic rings. The molecule has 0 unspecified atom stereocenters. The van der Waals surface area contributed by atoms with Gasteiger partial charge in [-0.1, -0.05) is 23.7 Å². The van der Waals surface area contributed by atoms with Crippen molar-refractivity contribution in [3.8, 4) is 17.2 Å². The number of ether oxygens (including phenoxy) is 4. The Balaban J connectivity index is 1.35. The molecule has 0 spiro atoms. The van der Waals surface area contributed by atoms with Crippen LogP contribution >= 0.6 is 11.6 Å². The van der Waals surface area contributed by atoms with Crippen LogP contribution in [0.4, 0.5) is 0 Å². The second-order valence-electron chi connectivity index (χ2n) is 8.37. The summed E-state index contributed by atoms with van der Waals surface area (Å²) in [5.41, 5.74) is -0.0851. The van der Waals surface area contributed by atoms with E-state index in [1.807, 2.05) is 41.1 Å². The van der Waals surface area contributed by atoms with Gasteiger partial charge in [-0.15, -0.1) is 0 Å². The van der Waals surface area contributed by atoms with E-state index in [-0.39, 0.29) is 13.2 Å². The van der Waals surface area contributed by atoms with Gasteiger partial charge in [0, 0.05) is 37.1 Å². The fourth-order valence-electron chi connectivity index (χ4n) is 3.86. The van der Waals surface area contributed by atoms with Crippen LogP contribution in [-0.2, 0) is 17.8 Å². The number of benzene rings is 2. The number of β-amino-alcohol motifs (C(OH)–C–C–N with tert-alkyl or cyclic N) is 1. The Morgan fingerprint density at radius 2 is 2.09 bits per heavy atom. The summed E-state index contributed by atoms with van der Waals surface area (Å²) in [6.45, 7) is 3.81. The molecule has 0 amide bonds. The van der Waals surface area contributed by atoms with Gasteiger partial charge in [0.2, 0.25) is 0 Å². The molecule has 1 aliphatic heterocycles. The van der Waals surface area contributed by atoms with Crippen molar-refractivity contribution in [1.29, 1.82) is 0 Å². The minimum Gasteiger partial charge on any atom is -0.493 e. The van der Waals surface area contributed by atoms with Crippen LogP contribution in [-0.4, -0.2) is 71.8 Å². The maximum absolute atomic E-state index is 11.2. The topological polar surface area (TPSA) is 78.2 Å². The lowest BCUT2D eigenvalue weighted by Crippen LogP contribution is -2.48. The lowest BCUT2D eigenvalue weighted by atomic mass is 10.1. The van der Waals surface area contributed by atoms with Crippen molar-refractivity contribution >= 4 is 11.6 Å². The van der Waals surface area contributed by atoms with E-state index in [2.05, 4.69) is 9.88 Å². The van der Waals surface area contributed by atoms with E-state index in [4.69, 9.17) is 30.5 Å². The predicted molar refractivity (Wildman–Crippen MR) is 129 cm³/mol. The first-order chi connectivity index (χ1) is 16.5. The Bertz CT molecular complexity index is 1050. The highest BCUT2D eigenvalue weighted by atomic mass is 35.5. The summed E-state index contributed by atoms with van der Waals surface area (Å²) in [6, 6.07) is 13.1. The van der Waals surface area contributed by atoms with Gasteiger partial charge in [0.15, 0.2) is 11.5 Å². The number of rotatable bonds is 10. The summed E-state index contributed by atoms with van der Waals surface area (Å²) in [7, 11) is 1.63. The highest BCUT2D eigenvalue weighted by Crippen LogP contribution is 2.29. The number of nitrogens with zero attached hydrogens (tertiary/aromatic N) is 3. The van der Waals surface area contributed by atoms with E-state index in [0.717, 1.165) is 5.56 Å². The summed E-state index contributed by atoms with van der Waals surface area (Å²) < 4.78 is 24.9. The standard InChI is InChI=1S/C25H30ClN3O5/c1-31-24-13-20(5-6-23(24)33-12-10-28-8-7-27-19-28)15-29-9-11-32-17-25(30,16-29)18-34-22-4-2-3-21(26)14-22/h2-8,13-14,19,30H,9-12,15-18H2,1H3/t25-/m0/s1. The van der Waals surface area contributed by atoms with Gasteiger partial charge in [0.1, 0.15) is 24.6 Å². The molecule has 1 saturated heterocycles. The zero-order valence-electron chi connectivity index (χ0n) is 19.2. The first kappa shape index (κ1) is 24.3. The zero-order chi connectivity index (χ0) is 23.8. The van der Waals surface area contributed by atoms with Crippen molar-refractivity contribution in [2.75, 3.05) is 46.6 Å². The Labute approximate surface area is 204 Å². The van der Waals surface area contributed by atoms with Crippen molar-refractivity contribution < 1.29 is 24.1 Å². The predicted octanol–water partition coefficient (Wildman–Crippen LogP) is 3.27. The van der Waals surface area contributed by atoms with Crippen molar-refractivity contribution in [3.05, 3.63) is 71.8 Å². The fourth-order valence-corrected chi connectivity index (χ4v) is 4.04. The summed E-state index contributed by atoms with van der Waals surface area (Å²) in [5, 5.41) is 11.8. The maximum atomic E-state index is 11.2. The van der Waals surface area contributed by atoms with Crippen LogP contribution in [0.25, 0.3) is 0 Å². The molecule has 1 aromatic heterocycles. The molecule has 0 bridgehead atoms. The van der Waals surface area contributed by atoms with Gasteiger partial charge in [-0.2, -0.15) is 0 Å². The monoisotopic (exact) mass is 487 g/mol. The van der Waals surface area contributed by atoms with Crippen LogP contribution in [0.15, 0.2) is 61.2 Å². The Hall–Kier alpha value is -2.78. The van der Waals surface area contributed by atoms with Gasteiger partial charge in [0.05, 0.1) is 33.2 Å². The summed E-state index contributed by atoms with van der Waals surface area (Å²) in [6.07, 6.45) is 5.40. The largest absolute Gasteiger partial charge is 0.493 e. The van der Waals surface area contributed by atoms with Crippen LogP contribution in [0.2, 0.25) is 5.02 Å². The average molecular weight is 488 g/mol. The normalized spacial score (nSPS) is 18.9. The number of hydrogen-bond acceptors (Lipinski definition) is 7. The highest BCUT2D eigenvalue weighted by molar-refractivity contribution is 6.30. The first-order valence-corrected chi connectivity index (χ1v) is 11.6. The van der Waals surface area contributed by atoms with Gasteiger partial charge >= 0.3 is 0 Å². The second kappa shape index (κ2) is 11.6.